The van der Waals surface area contributed by atoms with Gasteiger partial charge in [-0.2, -0.15) is 0 Å². The summed E-state index contributed by atoms with van der Waals surface area (Å²) < 4.78 is 0. The molecule has 0 aromatic rings. The fourth-order valence-corrected chi connectivity index (χ4v) is 3.82. The van der Waals surface area contributed by atoms with Gasteiger partial charge in [0.25, 0.3) is 0 Å². The lowest BCUT2D eigenvalue weighted by molar-refractivity contribution is -0.146. The van der Waals surface area contributed by atoms with Crippen molar-refractivity contribution < 1.29 is 4.79 Å². The van der Waals surface area contributed by atoms with Gasteiger partial charge in [-0.15, -0.1) is 0 Å². The molecule has 4 nitrogen and oxygen atoms in total. The second-order valence-corrected chi connectivity index (χ2v) is 6.21. The van der Waals surface area contributed by atoms with E-state index in [1.807, 2.05) is 19.0 Å². The predicted octanol–water partition coefficient (Wildman–Crippen LogP) is 1.46. The van der Waals surface area contributed by atoms with Gasteiger partial charge in [-0.3, -0.25) is 9.69 Å². The predicted molar refractivity (Wildman–Crippen MR) is 78.1 cm³/mol. The minimum atomic E-state index is 0.0873. The number of piperazine rings is 1. The Kier molecular flexibility index (Phi) is 5.22. The van der Waals surface area contributed by atoms with Crippen molar-refractivity contribution >= 4 is 5.91 Å². The maximum Gasteiger partial charge on any atom is 0.239 e. The molecule has 2 rings (SSSR count). The van der Waals surface area contributed by atoms with Crippen LogP contribution in [0, 0.1) is 0 Å². The lowest BCUT2D eigenvalue weighted by Crippen LogP contribution is -2.63. The van der Waals surface area contributed by atoms with Gasteiger partial charge < -0.3 is 10.2 Å². The van der Waals surface area contributed by atoms with E-state index in [9.17, 15) is 4.79 Å². The second kappa shape index (κ2) is 6.71. The highest BCUT2D eigenvalue weighted by molar-refractivity contribution is 5.82. The summed E-state index contributed by atoms with van der Waals surface area (Å²) in [6.45, 7) is 4.08. The van der Waals surface area contributed by atoms with E-state index in [1.165, 1.54) is 32.1 Å². The highest BCUT2D eigenvalue weighted by Crippen LogP contribution is 2.29. The Labute approximate surface area is 117 Å². The average Bonchev–Trinajstić information content (AvgIpc) is 2.42. The molecule has 1 N–H and O–H groups in total. The van der Waals surface area contributed by atoms with Crippen molar-refractivity contribution in [3.8, 4) is 0 Å². The summed E-state index contributed by atoms with van der Waals surface area (Å²) in [5.74, 6) is 0.318. The van der Waals surface area contributed by atoms with E-state index in [0.29, 0.717) is 18.0 Å². The number of hydrogen-bond donors (Lipinski definition) is 1. The fraction of sp³-hybridized carbons (Fsp3) is 0.933. The van der Waals surface area contributed by atoms with Crippen LogP contribution in [0.25, 0.3) is 0 Å². The number of hydrogen-bond acceptors (Lipinski definition) is 3. The van der Waals surface area contributed by atoms with E-state index >= 15 is 0 Å². The summed E-state index contributed by atoms with van der Waals surface area (Å²) >= 11 is 0. The highest BCUT2D eigenvalue weighted by atomic mass is 16.2. The van der Waals surface area contributed by atoms with Crippen molar-refractivity contribution in [2.45, 2.75) is 63.6 Å². The molecule has 0 aromatic heterocycles. The average molecular weight is 267 g/mol. The molecular formula is C15H29N3O. The zero-order valence-corrected chi connectivity index (χ0v) is 12.7. The summed E-state index contributed by atoms with van der Waals surface area (Å²) in [6, 6.07) is 1.21. The molecule has 2 unspecified atom stereocenters. The fourth-order valence-electron chi connectivity index (χ4n) is 3.82. The Morgan fingerprint density at radius 2 is 1.95 bits per heavy atom. The second-order valence-electron chi connectivity index (χ2n) is 6.21. The molecule has 1 saturated heterocycles. The first-order valence-corrected chi connectivity index (χ1v) is 7.82. The number of rotatable bonds is 4. The van der Waals surface area contributed by atoms with Gasteiger partial charge in [-0.1, -0.05) is 19.3 Å². The third-order valence-corrected chi connectivity index (χ3v) is 4.73. The van der Waals surface area contributed by atoms with Gasteiger partial charge in [0.15, 0.2) is 0 Å². The van der Waals surface area contributed by atoms with Gasteiger partial charge >= 0.3 is 0 Å². The first-order valence-electron chi connectivity index (χ1n) is 7.82. The van der Waals surface area contributed by atoms with Crippen LogP contribution >= 0.6 is 0 Å². The van der Waals surface area contributed by atoms with Crippen LogP contribution in [-0.2, 0) is 4.79 Å². The Morgan fingerprint density at radius 3 is 2.58 bits per heavy atom. The van der Waals surface area contributed by atoms with Crippen LogP contribution in [0.4, 0.5) is 0 Å². The minimum Gasteiger partial charge on any atom is -0.343 e. The summed E-state index contributed by atoms with van der Waals surface area (Å²) in [6.07, 6.45) is 7.51. The number of carbonyl (C=O) groups is 1. The lowest BCUT2D eigenvalue weighted by atomic mass is 9.90. The van der Waals surface area contributed by atoms with Gasteiger partial charge in [-0.05, 0) is 39.8 Å². The van der Waals surface area contributed by atoms with Gasteiger partial charge in [0.2, 0.25) is 5.91 Å². The van der Waals surface area contributed by atoms with E-state index < -0.39 is 0 Å². The third-order valence-electron chi connectivity index (χ3n) is 4.73. The minimum absolute atomic E-state index is 0.0873. The standard InChI is InChI=1S/C15H29N3O/c1-12-11-17(3)15(19)14(9-10-16-2)18(12)13-7-5-4-6-8-13/h12-14,16H,4-11H2,1-3H3. The number of likely N-dealkylation sites (N-methyl/N-ethyl adjacent to an activating group) is 1. The summed E-state index contributed by atoms with van der Waals surface area (Å²) in [7, 11) is 3.91. The highest BCUT2D eigenvalue weighted by Gasteiger charge is 2.40. The Balaban J connectivity index is 2.11. The van der Waals surface area contributed by atoms with Crippen molar-refractivity contribution in [1.29, 1.82) is 0 Å². The Bertz CT molecular complexity index is 302. The first kappa shape index (κ1) is 14.8. The van der Waals surface area contributed by atoms with E-state index in [-0.39, 0.29) is 6.04 Å². The lowest BCUT2D eigenvalue weighted by Gasteiger charge is -2.48. The molecule has 2 atom stereocenters. The van der Waals surface area contributed by atoms with Crippen LogP contribution < -0.4 is 5.32 Å². The summed E-state index contributed by atoms with van der Waals surface area (Å²) in [5.41, 5.74) is 0. The largest absolute Gasteiger partial charge is 0.343 e. The van der Waals surface area contributed by atoms with Gasteiger partial charge in [0.1, 0.15) is 0 Å². The first-order chi connectivity index (χ1) is 9.15. The summed E-state index contributed by atoms with van der Waals surface area (Å²) in [5, 5.41) is 3.19. The normalized spacial score (nSPS) is 30.9. The molecule has 0 bridgehead atoms. The molecule has 0 radical (unpaired) electrons. The molecule has 4 heteroatoms. The smallest absolute Gasteiger partial charge is 0.239 e. The zero-order chi connectivity index (χ0) is 13.8. The van der Waals surface area contributed by atoms with Gasteiger partial charge in [0.05, 0.1) is 6.04 Å². The van der Waals surface area contributed by atoms with Crippen molar-refractivity contribution in [1.82, 2.24) is 15.1 Å². The number of nitrogens with zero attached hydrogens (tertiary/aromatic N) is 2. The molecule has 19 heavy (non-hydrogen) atoms. The third kappa shape index (κ3) is 3.29. The molecule has 1 amide bonds. The SMILES string of the molecule is CNCCC1C(=O)N(C)CC(C)N1C1CCCCC1. The Hall–Kier alpha value is -0.610. The van der Waals surface area contributed by atoms with Crippen LogP contribution in [0.3, 0.4) is 0 Å². The topological polar surface area (TPSA) is 35.6 Å². The van der Waals surface area contributed by atoms with E-state index in [1.54, 1.807) is 0 Å². The van der Waals surface area contributed by atoms with Crippen LogP contribution in [0.15, 0.2) is 0 Å². The zero-order valence-electron chi connectivity index (χ0n) is 12.7. The molecule has 2 aliphatic rings. The van der Waals surface area contributed by atoms with Crippen LogP contribution in [0.2, 0.25) is 0 Å². The summed E-state index contributed by atoms with van der Waals surface area (Å²) in [4.78, 5) is 16.9. The van der Waals surface area contributed by atoms with Gasteiger partial charge in [0, 0.05) is 25.7 Å². The number of carbonyl (C=O) groups excluding carboxylic acids is 1. The quantitative estimate of drug-likeness (QED) is 0.837. The van der Waals surface area contributed by atoms with Crippen LogP contribution in [0.5, 0.6) is 0 Å². The molecule has 2 fully saturated rings. The van der Waals surface area contributed by atoms with Crippen LogP contribution in [0.1, 0.15) is 45.4 Å². The van der Waals surface area contributed by atoms with Crippen molar-refractivity contribution in [3.63, 3.8) is 0 Å². The molecule has 0 aromatic carbocycles. The number of nitrogens with one attached hydrogen (secondary N) is 1. The molecule has 1 aliphatic carbocycles. The van der Waals surface area contributed by atoms with E-state index in [0.717, 1.165) is 19.5 Å². The molecule has 110 valence electrons. The van der Waals surface area contributed by atoms with Crippen molar-refractivity contribution in [3.05, 3.63) is 0 Å². The molecule has 1 saturated carbocycles. The van der Waals surface area contributed by atoms with Crippen molar-refractivity contribution in [2.75, 3.05) is 27.2 Å². The maximum atomic E-state index is 12.5. The molecular weight excluding hydrogens is 238 g/mol. The monoisotopic (exact) mass is 267 g/mol. The van der Waals surface area contributed by atoms with E-state index in [2.05, 4.69) is 17.1 Å². The Morgan fingerprint density at radius 1 is 1.26 bits per heavy atom. The molecule has 1 heterocycles. The maximum absolute atomic E-state index is 12.5. The molecule has 1 aliphatic heterocycles. The van der Waals surface area contributed by atoms with Crippen molar-refractivity contribution in [2.24, 2.45) is 0 Å². The van der Waals surface area contributed by atoms with Gasteiger partial charge in [-0.25, -0.2) is 0 Å². The number of amides is 1. The van der Waals surface area contributed by atoms with E-state index in [4.69, 9.17) is 0 Å². The van der Waals surface area contributed by atoms with Crippen LogP contribution in [-0.4, -0.2) is 61.0 Å². The molecule has 0 spiro atoms.